The van der Waals surface area contributed by atoms with E-state index in [1.807, 2.05) is 21.1 Å². The van der Waals surface area contributed by atoms with E-state index in [1.165, 1.54) is 218 Å². The third-order valence-electron chi connectivity index (χ3n) is 15.4. The molecule has 0 aromatic rings. The van der Waals surface area contributed by atoms with Crippen LogP contribution in [-0.4, -0.2) is 82.3 Å². The van der Waals surface area contributed by atoms with Gasteiger partial charge in [-0.05, 0) is 83.5 Å². The number of carbonyl (C=O) groups excluding carboxylic acids is 3. The fourth-order valence-electron chi connectivity index (χ4n) is 10.1. The van der Waals surface area contributed by atoms with Crippen LogP contribution in [0.5, 0.6) is 0 Å². The van der Waals surface area contributed by atoms with E-state index < -0.39 is 24.3 Å². The van der Waals surface area contributed by atoms with E-state index in [0.29, 0.717) is 23.9 Å². The summed E-state index contributed by atoms with van der Waals surface area (Å²) in [6.45, 7) is 4.66. The Kier molecular flexibility index (Phi) is 62.2. The summed E-state index contributed by atoms with van der Waals surface area (Å²) in [5.74, 6) is -2.27. The molecule has 0 aromatic carbocycles. The minimum Gasteiger partial charge on any atom is -0.545 e. The fraction of sp³-hybridized carbons (Fsp3) is 0.797. The molecule has 0 rings (SSSR count). The first kappa shape index (κ1) is 79.7. The van der Waals surface area contributed by atoms with Gasteiger partial charge in [0.15, 0.2) is 12.4 Å². The Morgan fingerprint density at radius 2 is 0.687 bits per heavy atom. The van der Waals surface area contributed by atoms with Crippen molar-refractivity contribution in [2.45, 2.75) is 334 Å². The molecule has 0 aliphatic heterocycles. The van der Waals surface area contributed by atoms with Gasteiger partial charge in [-0.2, -0.15) is 0 Å². The van der Waals surface area contributed by atoms with Crippen LogP contribution in [0.3, 0.4) is 0 Å². The Labute approximate surface area is 513 Å². The van der Waals surface area contributed by atoms with Crippen molar-refractivity contribution in [2.75, 3.05) is 47.5 Å². The number of nitrogens with zero attached hydrogens (tertiary/aromatic N) is 1. The number of aliphatic carboxylic acids is 1. The van der Waals surface area contributed by atoms with Crippen LogP contribution in [0.15, 0.2) is 72.9 Å². The summed E-state index contributed by atoms with van der Waals surface area (Å²) >= 11 is 0. The van der Waals surface area contributed by atoms with E-state index in [-0.39, 0.29) is 32.2 Å². The van der Waals surface area contributed by atoms with Crippen LogP contribution in [0.2, 0.25) is 0 Å². The summed E-state index contributed by atoms with van der Waals surface area (Å²) in [4.78, 5) is 37.5. The summed E-state index contributed by atoms with van der Waals surface area (Å²) in [6, 6.07) is 0. The molecular weight excluding hydrogens is 1030 g/mol. The first-order valence-corrected chi connectivity index (χ1v) is 35.1. The maximum atomic E-state index is 12.9. The van der Waals surface area contributed by atoms with Crippen LogP contribution in [0.4, 0.5) is 0 Å². The molecule has 0 bridgehead atoms. The van der Waals surface area contributed by atoms with Gasteiger partial charge in [-0.15, -0.1) is 0 Å². The second-order valence-electron chi connectivity index (χ2n) is 24.8. The zero-order chi connectivity index (χ0) is 60.5. The van der Waals surface area contributed by atoms with Crippen molar-refractivity contribution >= 4 is 17.9 Å². The number of carboxylic acid groups (broad SMARTS) is 1. The summed E-state index contributed by atoms with van der Waals surface area (Å²) < 4.78 is 22.8. The molecule has 0 amide bonds. The van der Waals surface area contributed by atoms with Crippen molar-refractivity contribution in [1.82, 2.24) is 0 Å². The number of rotatable bonds is 65. The van der Waals surface area contributed by atoms with Crippen molar-refractivity contribution in [1.29, 1.82) is 0 Å². The number of carboxylic acids is 1. The highest BCUT2D eigenvalue weighted by molar-refractivity contribution is 5.70. The highest BCUT2D eigenvalue weighted by Gasteiger charge is 2.22. The smallest absolute Gasteiger partial charge is 0.306 e. The maximum absolute atomic E-state index is 12.9. The largest absolute Gasteiger partial charge is 0.545 e. The number of ether oxygens (including phenoxy) is 4. The lowest BCUT2D eigenvalue weighted by atomic mass is 10.0. The molecule has 0 spiro atoms. The Hall–Kier alpha value is -3.27. The lowest BCUT2D eigenvalue weighted by Gasteiger charge is -2.26. The first-order valence-electron chi connectivity index (χ1n) is 35.1. The quantitative estimate of drug-likeness (QED) is 0.0195. The molecule has 0 aliphatic carbocycles. The number of likely N-dealkylation sites (N-methyl/N-ethyl adjacent to an activating group) is 1. The fourth-order valence-corrected chi connectivity index (χ4v) is 10.1. The molecule has 0 heterocycles. The first-order chi connectivity index (χ1) is 40.6. The molecule has 2 atom stereocenters. The van der Waals surface area contributed by atoms with Gasteiger partial charge in [0.1, 0.15) is 13.2 Å². The van der Waals surface area contributed by atoms with Gasteiger partial charge in [-0.25, -0.2) is 0 Å². The second-order valence-corrected chi connectivity index (χ2v) is 24.8. The van der Waals surface area contributed by atoms with Crippen LogP contribution in [0, 0.1) is 0 Å². The number of carbonyl (C=O) groups is 3. The predicted molar refractivity (Wildman–Crippen MR) is 352 cm³/mol. The lowest BCUT2D eigenvalue weighted by Crippen LogP contribution is -2.44. The minimum atomic E-state index is -1.62. The maximum Gasteiger partial charge on any atom is 0.306 e. The van der Waals surface area contributed by atoms with Crippen molar-refractivity contribution in [3.05, 3.63) is 72.9 Å². The average molecular weight is 1160 g/mol. The minimum absolute atomic E-state index is 0.147. The monoisotopic (exact) mass is 1160 g/mol. The molecule has 0 saturated heterocycles. The molecule has 0 radical (unpaired) electrons. The van der Waals surface area contributed by atoms with E-state index >= 15 is 0 Å². The van der Waals surface area contributed by atoms with Gasteiger partial charge in [-0.3, -0.25) is 9.59 Å². The summed E-state index contributed by atoms with van der Waals surface area (Å²) in [7, 11) is 5.93. The summed E-state index contributed by atoms with van der Waals surface area (Å²) in [6.07, 6.45) is 82.7. The molecule has 0 fully saturated rings. The van der Waals surface area contributed by atoms with E-state index in [9.17, 15) is 19.5 Å². The zero-order valence-electron chi connectivity index (χ0n) is 55.1. The van der Waals surface area contributed by atoms with Crippen molar-refractivity contribution in [2.24, 2.45) is 0 Å². The molecule has 0 aliphatic rings. The number of hydrogen-bond acceptors (Lipinski definition) is 8. The Morgan fingerprint density at radius 1 is 0.373 bits per heavy atom. The molecule has 0 saturated carbocycles. The van der Waals surface area contributed by atoms with Gasteiger partial charge in [0, 0.05) is 12.8 Å². The summed E-state index contributed by atoms with van der Waals surface area (Å²) in [5.41, 5.74) is 0. The molecule has 83 heavy (non-hydrogen) atoms. The number of unbranched alkanes of at least 4 members (excludes halogenated alkanes) is 38. The van der Waals surface area contributed by atoms with Crippen LogP contribution < -0.4 is 5.11 Å². The van der Waals surface area contributed by atoms with E-state index in [2.05, 4.69) is 86.8 Å². The topological polar surface area (TPSA) is 111 Å². The highest BCUT2D eigenvalue weighted by Crippen LogP contribution is 2.18. The third kappa shape index (κ3) is 66.1. The van der Waals surface area contributed by atoms with Gasteiger partial charge in [0.2, 0.25) is 0 Å². The third-order valence-corrected chi connectivity index (χ3v) is 15.4. The van der Waals surface area contributed by atoms with Crippen LogP contribution in [0.1, 0.15) is 322 Å². The molecular formula is C74H133NO8. The molecule has 9 nitrogen and oxygen atoms in total. The van der Waals surface area contributed by atoms with E-state index in [1.54, 1.807) is 0 Å². The van der Waals surface area contributed by atoms with Gasteiger partial charge < -0.3 is 33.3 Å². The van der Waals surface area contributed by atoms with Crippen molar-refractivity contribution < 1.29 is 42.9 Å². The average Bonchev–Trinajstić information content (AvgIpc) is 3.46. The van der Waals surface area contributed by atoms with Crippen LogP contribution in [-0.2, 0) is 33.3 Å². The summed E-state index contributed by atoms with van der Waals surface area (Å²) in [5, 5.41) is 11.8. The molecule has 0 aromatic heterocycles. The zero-order valence-corrected chi connectivity index (χ0v) is 55.1. The van der Waals surface area contributed by atoms with Gasteiger partial charge in [0.25, 0.3) is 0 Å². The second kappa shape index (κ2) is 64.7. The normalized spacial score (nSPS) is 13.1. The van der Waals surface area contributed by atoms with Gasteiger partial charge in [-0.1, -0.05) is 299 Å². The van der Waals surface area contributed by atoms with Crippen molar-refractivity contribution in [3.8, 4) is 0 Å². The Balaban J connectivity index is 4.07. The predicted octanol–water partition coefficient (Wildman–Crippen LogP) is 20.4. The Morgan fingerprint density at radius 3 is 1.02 bits per heavy atom. The van der Waals surface area contributed by atoms with Crippen LogP contribution in [0.25, 0.3) is 0 Å². The highest BCUT2D eigenvalue weighted by atomic mass is 16.7. The lowest BCUT2D eigenvalue weighted by molar-refractivity contribution is -0.870. The van der Waals surface area contributed by atoms with E-state index in [4.69, 9.17) is 18.9 Å². The Bertz CT molecular complexity index is 1590. The number of quaternary nitrogens is 1. The molecule has 482 valence electrons. The molecule has 2 unspecified atom stereocenters. The number of allylic oxidation sites excluding steroid dienone is 12. The number of esters is 2. The SMILES string of the molecule is CC/C=C\C/C=C\C/C=C\C/C=C\CCCCCCCCCCCCCCC(=O)OC(COC(=O)CCCCCCCCCCCCCCCCCCCCCCC/C=C\C/C=C\CCCCCCC)COC(OCC[N+](C)(C)C)C(=O)[O-]. The molecule has 0 N–H and O–H groups in total. The van der Waals surface area contributed by atoms with Crippen molar-refractivity contribution in [3.63, 3.8) is 0 Å². The van der Waals surface area contributed by atoms with Gasteiger partial charge >= 0.3 is 11.9 Å². The van der Waals surface area contributed by atoms with E-state index in [0.717, 1.165) is 70.6 Å². The standard InChI is InChI=1S/C74H133NO8/c1-6-8-10-12-14-16-18-20-22-24-26-28-30-32-33-34-35-36-37-38-39-41-42-44-46-48-50-52-54-56-58-60-62-64-71(76)81-68-70(69-82-74(73(78)79)80-67-66-75(3,4)5)83-72(77)65-63-61-59-57-55-53-51-49-47-45-43-40-31-29-27-25-23-21-19-17-15-13-11-9-7-2/h9,11,15,17-18,20-21,23-24,26-27,29,70,74H,6-8,10,12-14,16,19,22,25,28,30-69H2,1-5H3/b11-9-,17-15-,20-18-,23-21-,26-24-,29-27-. The molecule has 9 heteroatoms. The van der Waals surface area contributed by atoms with Crippen LogP contribution >= 0.6 is 0 Å². The van der Waals surface area contributed by atoms with Gasteiger partial charge in [0.05, 0.1) is 40.3 Å². The number of hydrogen-bond donors (Lipinski definition) is 0.